The van der Waals surface area contributed by atoms with Crippen LogP contribution in [0.15, 0.2) is 47.4 Å². The van der Waals surface area contributed by atoms with Gasteiger partial charge in [0, 0.05) is 10.6 Å². The van der Waals surface area contributed by atoms with Gasteiger partial charge in [-0.05, 0) is 30.2 Å². The number of anilines is 1. The summed E-state index contributed by atoms with van der Waals surface area (Å²) in [6.45, 7) is 2.06. The normalized spacial score (nSPS) is 10.5. The predicted octanol–water partition coefficient (Wildman–Crippen LogP) is 4.52. The summed E-state index contributed by atoms with van der Waals surface area (Å²) in [6.07, 6.45) is 0. The van der Waals surface area contributed by atoms with Crippen molar-refractivity contribution < 1.29 is 0 Å². The molecule has 2 aromatic rings. The SMILES string of the molecule is Cc1cc(N)c(Cl)cc1SCc1ccccc1. The molecule has 0 aliphatic carbocycles. The Morgan fingerprint density at radius 2 is 1.88 bits per heavy atom. The highest BCUT2D eigenvalue weighted by Gasteiger charge is 2.04. The molecule has 0 radical (unpaired) electrons. The van der Waals surface area contributed by atoms with Gasteiger partial charge in [-0.3, -0.25) is 0 Å². The highest BCUT2D eigenvalue weighted by Crippen LogP contribution is 2.31. The lowest BCUT2D eigenvalue weighted by molar-refractivity contribution is 1.29. The van der Waals surface area contributed by atoms with Crippen molar-refractivity contribution >= 4 is 29.1 Å². The third-order valence-electron chi connectivity index (χ3n) is 2.53. The van der Waals surface area contributed by atoms with E-state index in [1.165, 1.54) is 16.0 Å². The summed E-state index contributed by atoms with van der Waals surface area (Å²) >= 11 is 7.81. The number of hydrogen-bond donors (Lipinski definition) is 1. The summed E-state index contributed by atoms with van der Waals surface area (Å²) in [7, 11) is 0. The maximum Gasteiger partial charge on any atom is 0.0646 e. The Balaban J connectivity index is 2.12. The fourth-order valence-corrected chi connectivity index (χ4v) is 2.81. The molecule has 0 aliphatic heterocycles. The molecule has 0 spiro atoms. The Hall–Kier alpha value is -1.12. The number of hydrogen-bond acceptors (Lipinski definition) is 2. The zero-order valence-electron chi connectivity index (χ0n) is 9.61. The first-order valence-corrected chi connectivity index (χ1v) is 6.75. The van der Waals surface area contributed by atoms with Crippen LogP contribution in [-0.4, -0.2) is 0 Å². The zero-order valence-corrected chi connectivity index (χ0v) is 11.2. The average Bonchev–Trinajstić information content (AvgIpc) is 2.33. The fourth-order valence-electron chi connectivity index (χ4n) is 1.58. The molecule has 1 nitrogen and oxygen atoms in total. The van der Waals surface area contributed by atoms with E-state index in [1.807, 2.05) is 18.2 Å². The molecule has 0 fully saturated rings. The van der Waals surface area contributed by atoms with Crippen LogP contribution in [0, 0.1) is 6.92 Å². The van der Waals surface area contributed by atoms with Crippen molar-refractivity contribution in [2.45, 2.75) is 17.6 Å². The molecule has 2 aromatic carbocycles. The van der Waals surface area contributed by atoms with Crippen LogP contribution in [0.25, 0.3) is 0 Å². The van der Waals surface area contributed by atoms with E-state index in [2.05, 4.69) is 31.2 Å². The Morgan fingerprint density at radius 3 is 2.59 bits per heavy atom. The van der Waals surface area contributed by atoms with Gasteiger partial charge in [-0.25, -0.2) is 0 Å². The second-order valence-electron chi connectivity index (χ2n) is 3.91. The van der Waals surface area contributed by atoms with Crippen molar-refractivity contribution in [2.75, 3.05) is 5.73 Å². The first-order chi connectivity index (χ1) is 8.16. The van der Waals surface area contributed by atoms with E-state index in [1.54, 1.807) is 11.8 Å². The first kappa shape index (κ1) is 12.3. The van der Waals surface area contributed by atoms with Gasteiger partial charge in [0.05, 0.1) is 10.7 Å². The van der Waals surface area contributed by atoms with Gasteiger partial charge in [0.1, 0.15) is 0 Å². The number of halogens is 1. The van der Waals surface area contributed by atoms with Crippen molar-refractivity contribution in [1.29, 1.82) is 0 Å². The van der Waals surface area contributed by atoms with Gasteiger partial charge < -0.3 is 5.73 Å². The van der Waals surface area contributed by atoms with E-state index in [9.17, 15) is 0 Å². The molecule has 0 atom stereocenters. The smallest absolute Gasteiger partial charge is 0.0646 e. The van der Waals surface area contributed by atoms with Gasteiger partial charge in [0.2, 0.25) is 0 Å². The maximum absolute atomic E-state index is 6.03. The Bertz CT molecular complexity index is 511. The van der Waals surface area contributed by atoms with Crippen molar-refractivity contribution in [3.05, 3.63) is 58.6 Å². The Labute approximate surface area is 111 Å². The molecular formula is C14H14ClNS. The predicted molar refractivity (Wildman–Crippen MR) is 76.6 cm³/mol. The van der Waals surface area contributed by atoms with E-state index in [4.69, 9.17) is 17.3 Å². The molecule has 0 aliphatic rings. The van der Waals surface area contributed by atoms with Crippen LogP contribution in [0.1, 0.15) is 11.1 Å². The standard InChI is InChI=1S/C14H14ClNS/c1-10-7-13(16)12(15)8-14(10)17-9-11-5-3-2-4-6-11/h2-8H,9,16H2,1H3. The average molecular weight is 264 g/mol. The molecule has 3 heteroatoms. The zero-order chi connectivity index (χ0) is 12.3. The second kappa shape index (κ2) is 5.48. The molecule has 88 valence electrons. The van der Waals surface area contributed by atoms with Crippen molar-refractivity contribution in [3.8, 4) is 0 Å². The molecule has 0 bridgehead atoms. The molecular weight excluding hydrogens is 250 g/mol. The van der Waals surface area contributed by atoms with Gasteiger partial charge in [-0.15, -0.1) is 11.8 Å². The molecule has 0 aromatic heterocycles. The van der Waals surface area contributed by atoms with E-state index in [-0.39, 0.29) is 0 Å². The highest BCUT2D eigenvalue weighted by molar-refractivity contribution is 7.98. The minimum Gasteiger partial charge on any atom is -0.398 e. The van der Waals surface area contributed by atoms with Crippen molar-refractivity contribution in [1.82, 2.24) is 0 Å². The highest BCUT2D eigenvalue weighted by atomic mass is 35.5. The lowest BCUT2D eigenvalue weighted by atomic mass is 10.2. The molecule has 0 heterocycles. The number of aryl methyl sites for hydroxylation is 1. The first-order valence-electron chi connectivity index (χ1n) is 5.39. The van der Waals surface area contributed by atoms with E-state index in [0.29, 0.717) is 10.7 Å². The number of benzene rings is 2. The fraction of sp³-hybridized carbons (Fsp3) is 0.143. The quantitative estimate of drug-likeness (QED) is 0.651. The van der Waals surface area contributed by atoms with Crippen molar-refractivity contribution in [2.24, 2.45) is 0 Å². The van der Waals surface area contributed by atoms with Gasteiger partial charge in [0.15, 0.2) is 0 Å². The molecule has 2 rings (SSSR count). The topological polar surface area (TPSA) is 26.0 Å². The van der Waals surface area contributed by atoms with Crippen LogP contribution >= 0.6 is 23.4 Å². The monoisotopic (exact) mass is 263 g/mol. The summed E-state index contributed by atoms with van der Waals surface area (Å²) in [4.78, 5) is 1.19. The number of nitrogen functional groups attached to an aromatic ring is 1. The number of nitrogens with two attached hydrogens (primary N) is 1. The summed E-state index contributed by atoms with van der Waals surface area (Å²) < 4.78 is 0. The lowest BCUT2D eigenvalue weighted by Gasteiger charge is -2.08. The lowest BCUT2D eigenvalue weighted by Crippen LogP contribution is -1.90. The minimum atomic E-state index is 0.631. The third-order valence-corrected chi connectivity index (χ3v) is 4.09. The maximum atomic E-state index is 6.03. The Morgan fingerprint density at radius 1 is 1.18 bits per heavy atom. The summed E-state index contributed by atoms with van der Waals surface area (Å²) in [6, 6.07) is 14.3. The third kappa shape index (κ3) is 3.18. The van der Waals surface area contributed by atoms with Gasteiger partial charge >= 0.3 is 0 Å². The van der Waals surface area contributed by atoms with E-state index >= 15 is 0 Å². The number of thioether (sulfide) groups is 1. The molecule has 0 saturated carbocycles. The molecule has 0 amide bonds. The van der Waals surface area contributed by atoms with E-state index in [0.717, 1.165) is 5.75 Å². The van der Waals surface area contributed by atoms with Crippen LogP contribution in [0.4, 0.5) is 5.69 Å². The molecule has 0 saturated heterocycles. The van der Waals surface area contributed by atoms with Crippen LogP contribution in [0.5, 0.6) is 0 Å². The largest absolute Gasteiger partial charge is 0.398 e. The molecule has 0 unspecified atom stereocenters. The van der Waals surface area contributed by atoms with Gasteiger partial charge in [-0.2, -0.15) is 0 Å². The second-order valence-corrected chi connectivity index (χ2v) is 5.34. The minimum absolute atomic E-state index is 0.631. The van der Waals surface area contributed by atoms with Crippen LogP contribution < -0.4 is 5.73 Å². The van der Waals surface area contributed by atoms with Crippen LogP contribution in [0.3, 0.4) is 0 Å². The van der Waals surface area contributed by atoms with Crippen LogP contribution in [0.2, 0.25) is 5.02 Å². The summed E-state index contributed by atoms with van der Waals surface area (Å²) in [5, 5.41) is 0.631. The van der Waals surface area contributed by atoms with Crippen LogP contribution in [-0.2, 0) is 5.75 Å². The van der Waals surface area contributed by atoms with Crippen molar-refractivity contribution in [3.63, 3.8) is 0 Å². The van der Waals surface area contributed by atoms with Gasteiger partial charge in [0.25, 0.3) is 0 Å². The molecule has 2 N–H and O–H groups in total. The summed E-state index contributed by atoms with van der Waals surface area (Å²) in [5.41, 5.74) is 8.89. The molecule has 17 heavy (non-hydrogen) atoms. The Kier molecular flexibility index (Phi) is 3.97. The number of rotatable bonds is 3. The van der Waals surface area contributed by atoms with Gasteiger partial charge in [-0.1, -0.05) is 41.9 Å². The van der Waals surface area contributed by atoms with E-state index < -0.39 is 0 Å². The summed E-state index contributed by atoms with van der Waals surface area (Å²) in [5.74, 6) is 0.946.